The van der Waals surface area contributed by atoms with Crippen LogP contribution in [-0.4, -0.2) is 10.5 Å². The Morgan fingerprint density at radius 3 is 2.35 bits per heavy atom. The highest BCUT2D eigenvalue weighted by Gasteiger charge is 2.08. The lowest BCUT2D eigenvalue weighted by Crippen LogP contribution is -2.29. The molecule has 116 valence electrons. The summed E-state index contributed by atoms with van der Waals surface area (Å²) in [6.45, 7) is 2.86. The first-order valence-electron chi connectivity index (χ1n) is 7.50. The molecule has 0 unspecified atom stereocenters. The van der Waals surface area contributed by atoms with Gasteiger partial charge in [-0.2, -0.15) is 0 Å². The van der Waals surface area contributed by atoms with Crippen LogP contribution in [0.25, 0.3) is 11.3 Å². The van der Waals surface area contributed by atoms with Crippen LogP contribution < -0.4 is 11.3 Å². The summed E-state index contributed by atoms with van der Waals surface area (Å²) in [5.41, 5.74) is 7.42. The molecule has 1 amide bonds. The SMILES string of the molecule is Cc1ccc(-c2ccccc2)n1Cc1ccc(C(=O)NN)cc1. The van der Waals surface area contributed by atoms with Gasteiger partial charge in [0, 0.05) is 23.5 Å². The molecule has 23 heavy (non-hydrogen) atoms. The number of hydrogen-bond donors (Lipinski definition) is 2. The van der Waals surface area contributed by atoms with Gasteiger partial charge in [0.1, 0.15) is 0 Å². The van der Waals surface area contributed by atoms with E-state index in [0.717, 1.165) is 12.1 Å². The molecule has 2 aromatic carbocycles. The molecule has 0 radical (unpaired) electrons. The van der Waals surface area contributed by atoms with E-state index >= 15 is 0 Å². The van der Waals surface area contributed by atoms with Crippen molar-refractivity contribution >= 4 is 5.91 Å². The molecule has 4 heteroatoms. The lowest BCUT2D eigenvalue weighted by atomic mass is 10.1. The van der Waals surface area contributed by atoms with Crippen LogP contribution in [0.4, 0.5) is 0 Å². The Kier molecular flexibility index (Phi) is 4.26. The summed E-state index contributed by atoms with van der Waals surface area (Å²) in [6, 6.07) is 22.1. The zero-order chi connectivity index (χ0) is 16.2. The molecule has 3 aromatic rings. The molecule has 0 spiro atoms. The van der Waals surface area contributed by atoms with Crippen molar-refractivity contribution in [3.63, 3.8) is 0 Å². The Balaban J connectivity index is 1.89. The van der Waals surface area contributed by atoms with Crippen LogP contribution in [0, 0.1) is 6.92 Å². The van der Waals surface area contributed by atoms with Gasteiger partial charge in [-0.1, -0.05) is 42.5 Å². The molecule has 0 saturated heterocycles. The molecule has 0 saturated carbocycles. The van der Waals surface area contributed by atoms with Crippen LogP contribution in [0.15, 0.2) is 66.7 Å². The largest absolute Gasteiger partial charge is 0.340 e. The number of hydrazine groups is 1. The van der Waals surface area contributed by atoms with Gasteiger partial charge >= 0.3 is 0 Å². The predicted molar refractivity (Wildman–Crippen MR) is 91.8 cm³/mol. The molecule has 3 rings (SSSR count). The Labute approximate surface area is 135 Å². The van der Waals surface area contributed by atoms with E-state index in [2.05, 4.69) is 41.2 Å². The van der Waals surface area contributed by atoms with Crippen LogP contribution in [-0.2, 0) is 6.54 Å². The fourth-order valence-corrected chi connectivity index (χ4v) is 2.67. The molecule has 0 aliphatic heterocycles. The monoisotopic (exact) mass is 305 g/mol. The minimum atomic E-state index is -0.279. The summed E-state index contributed by atoms with van der Waals surface area (Å²) in [6.07, 6.45) is 0. The topological polar surface area (TPSA) is 60.0 Å². The van der Waals surface area contributed by atoms with Gasteiger partial charge in [0.15, 0.2) is 0 Å². The molecule has 0 aliphatic carbocycles. The number of nitrogens with zero attached hydrogens (tertiary/aromatic N) is 1. The molecule has 0 aliphatic rings. The van der Waals surface area contributed by atoms with Crippen LogP contribution in [0.2, 0.25) is 0 Å². The summed E-state index contributed by atoms with van der Waals surface area (Å²) in [4.78, 5) is 11.5. The fourth-order valence-electron chi connectivity index (χ4n) is 2.67. The maximum Gasteiger partial charge on any atom is 0.265 e. The number of benzene rings is 2. The molecule has 1 aromatic heterocycles. The normalized spacial score (nSPS) is 10.5. The maximum absolute atomic E-state index is 11.5. The number of amides is 1. The van der Waals surface area contributed by atoms with Crippen LogP contribution in [0.1, 0.15) is 21.6 Å². The number of nitrogens with two attached hydrogens (primary N) is 1. The van der Waals surface area contributed by atoms with Gasteiger partial charge in [0.25, 0.3) is 5.91 Å². The molecular weight excluding hydrogens is 286 g/mol. The maximum atomic E-state index is 11.5. The molecular formula is C19H19N3O. The average molecular weight is 305 g/mol. The van der Waals surface area contributed by atoms with Gasteiger partial charge in [-0.3, -0.25) is 10.2 Å². The second kappa shape index (κ2) is 6.50. The van der Waals surface area contributed by atoms with Crippen LogP contribution in [0.3, 0.4) is 0 Å². The van der Waals surface area contributed by atoms with Gasteiger partial charge in [0.2, 0.25) is 0 Å². The number of rotatable bonds is 4. The Morgan fingerprint density at radius 1 is 1.00 bits per heavy atom. The van der Waals surface area contributed by atoms with Crippen molar-refractivity contribution in [1.29, 1.82) is 0 Å². The summed E-state index contributed by atoms with van der Waals surface area (Å²) >= 11 is 0. The minimum Gasteiger partial charge on any atom is -0.340 e. The number of nitrogen functional groups attached to an aromatic ring is 1. The summed E-state index contributed by atoms with van der Waals surface area (Å²) in [5, 5.41) is 0. The standard InChI is InChI=1S/C19H19N3O/c1-14-7-12-18(16-5-3-2-4-6-16)22(14)13-15-8-10-17(11-9-15)19(23)21-20/h2-12H,13,20H2,1H3,(H,21,23). The van der Waals surface area contributed by atoms with Crippen molar-refractivity contribution in [3.05, 3.63) is 83.6 Å². The van der Waals surface area contributed by atoms with Crippen molar-refractivity contribution in [2.24, 2.45) is 5.84 Å². The van der Waals surface area contributed by atoms with Gasteiger partial charge in [-0.25, -0.2) is 5.84 Å². The predicted octanol–water partition coefficient (Wildman–Crippen LogP) is 3.12. The molecule has 4 nitrogen and oxygen atoms in total. The molecule has 3 N–H and O–H groups in total. The first-order valence-corrected chi connectivity index (χ1v) is 7.50. The number of carbonyl (C=O) groups excluding carboxylic acids is 1. The van der Waals surface area contributed by atoms with E-state index in [1.807, 2.05) is 30.3 Å². The van der Waals surface area contributed by atoms with Gasteiger partial charge in [0.05, 0.1) is 0 Å². The van der Waals surface area contributed by atoms with Crippen molar-refractivity contribution in [3.8, 4) is 11.3 Å². The van der Waals surface area contributed by atoms with E-state index in [1.54, 1.807) is 12.1 Å². The van der Waals surface area contributed by atoms with E-state index in [4.69, 9.17) is 5.84 Å². The zero-order valence-corrected chi connectivity index (χ0v) is 13.0. The number of carbonyl (C=O) groups is 1. The van der Waals surface area contributed by atoms with Crippen molar-refractivity contribution in [2.75, 3.05) is 0 Å². The Bertz CT molecular complexity index is 804. The highest BCUT2D eigenvalue weighted by molar-refractivity contribution is 5.93. The summed E-state index contributed by atoms with van der Waals surface area (Å²) < 4.78 is 2.27. The third-order valence-corrected chi connectivity index (χ3v) is 3.96. The number of nitrogens with one attached hydrogen (secondary N) is 1. The quantitative estimate of drug-likeness (QED) is 0.442. The first-order chi connectivity index (χ1) is 11.2. The van der Waals surface area contributed by atoms with Gasteiger partial charge < -0.3 is 4.57 Å². The van der Waals surface area contributed by atoms with E-state index in [1.165, 1.54) is 17.0 Å². The van der Waals surface area contributed by atoms with Crippen LogP contribution in [0.5, 0.6) is 0 Å². The van der Waals surface area contributed by atoms with E-state index in [0.29, 0.717) is 5.56 Å². The minimum absolute atomic E-state index is 0.279. The first kappa shape index (κ1) is 15.1. The van der Waals surface area contributed by atoms with E-state index in [-0.39, 0.29) is 5.91 Å². The van der Waals surface area contributed by atoms with Crippen molar-refractivity contribution in [1.82, 2.24) is 9.99 Å². The van der Waals surface area contributed by atoms with Crippen molar-refractivity contribution in [2.45, 2.75) is 13.5 Å². The highest BCUT2D eigenvalue weighted by atomic mass is 16.2. The van der Waals surface area contributed by atoms with Gasteiger partial charge in [-0.05, 0) is 42.3 Å². The Hall–Kier alpha value is -2.85. The average Bonchev–Trinajstić information content (AvgIpc) is 2.96. The lowest BCUT2D eigenvalue weighted by molar-refractivity contribution is 0.0953. The van der Waals surface area contributed by atoms with Crippen molar-refractivity contribution < 1.29 is 4.79 Å². The smallest absolute Gasteiger partial charge is 0.265 e. The fraction of sp³-hybridized carbons (Fsp3) is 0.105. The molecule has 1 heterocycles. The van der Waals surface area contributed by atoms with E-state index < -0.39 is 0 Å². The Morgan fingerprint density at radius 2 is 1.70 bits per heavy atom. The lowest BCUT2D eigenvalue weighted by Gasteiger charge is -2.12. The van der Waals surface area contributed by atoms with Gasteiger partial charge in [-0.15, -0.1) is 0 Å². The third kappa shape index (κ3) is 3.17. The second-order valence-electron chi connectivity index (χ2n) is 5.48. The summed E-state index contributed by atoms with van der Waals surface area (Å²) in [7, 11) is 0. The molecule has 0 bridgehead atoms. The summed E-state index contributed by atoms with van der Waals surface area (Å²) in [5.74, 6) is 4.87. The highest BCUT2D eigenvalue weighted by Crippen LogP contribution is 2.23. The van der Waals surface area contributed by atoms with Crippen LogP contribution >= 0.6 is 0 Å². The second-order valence-corrected chi connectivity index (χ2v) is 5.48. The molecule has 0 atom stereocenters. The number of aromatic nitrogens is 1. The number of aryl methyl sites for hydroxylation is 1. The zero-order valence-electron chi connectivity index (χ0n) is 13.0. The van der Waals surface area contributed by atoms with E-state index in [9.17, 15) is 4.79 Å². The third-order valence-electron chi connectivity index (χ3n) is 3.96. The number of hydrogen-bond acceptors (Lipinski definition) is 2. The molecule has 0 fully saturated rings.